The van der Waals surface area contributed by atoms with E-state index in [4.69, 9.17) is 5.41 Å². The molecule has 3 N–H and O–H groups in total. The molecule has 1 amide bonds. The minimum atomic E-state index is -0.251. The van der Waals surface area contributed by atoms with Crippen LogP contribution in [0.4, 0.5) is 0 Å². The third kappa shape index (κ3) is 5.15. The molecule has 0 heterocycles. The van der Waals surface area contributed by atoms with Gasteiger partial charge in [-0.1, -0.05) is 38.0 Å². The first-order valence-corrected chi connectivity index (χ1v) is 5.93. The van der Waals surface area contributed by atoms with Crippen molar-refractivity contribution < 1.29 is 4.79 Å². The Labute approximate surface area is 102 Å². The molecule has 0 aliphatic rings. The van der Waals surface area contributed by atoms with E-state index in [1.807, 2.05) is 6.07 Å². The largest absolute Gasteiger partial charge is 0.356 e. The topological polar surface area (TPSA) is 65.0 Å². The van der Waals surface area contributed by atoms with E-state index in [0.29, 0.717) is 5.56 Å². The Hall–Kier alpha value is -1.84. The quantitative estimate of drug-likeness (QED) is 0.414. The SMILES string of the molecule is CCCCCNC(=N)NC(=O)c1ccccc1. The van der Waals surface area contributed by atoms with Crippen molar-refractivity contribution in [2.75, 3.05) is 6.54 Å². The van der Waals surface area contributed by atoms with E-state index in [1.165, 1.54) is 0 Å². The van der Waals surface area contributed by atoms with Crippen LogP contribution in [0.15, 0.2) is 30.3 Å². The summed E-state index contributed by atoms with van der Waals surface area (Å²) in [6.45, 7) is 2.85. The number of carbonyl (C=O) groups is 1. The number of nitrogens with one attached hydrogen (secondary N) is 3. The molecule has 0 aliphatic carbocycles. The first-order valence-electron chi connectivity index (χ1n) is 5.93. The van der Waals surface area contributed by atoms with E-state index in [0.717, 1.165) is 25.8 Å². The Morgan fingerprint density at radius 1 is 1.24 bits per heavy atom. The van der Waals surface area contributed by atoms with Gasteiger partial charge in [0, 0.05) is 12.1 Å². The van der Waals surface area contributed by atoms with Crippen LogP contribution in [-0.2, 0) is 0 Å². The molecule has 0 radical (unpaired) electrons. The molecule has 0 saturated heterocycles. The lowest BCUT2D eigenvalue weighted by Crippen LogP contribution is -2.40. The van der Waals surface area contributed by atoms with Gasteiger partial charge in [-0.2, -0.15) is 0 Å². The maximum atomic E-state index is 11.7. The van der Waals surface area contributed by atoms with E-state index < -0.39 is 0 Å². The van der Waals surface area contributed by atoms with Crippen LogP contribution in [0.1, 0.15) is 36.5 Å². The van der Waals surface area contributed by atoms with Crippen LogP contribution >= 0.6 is 0 Å². The lowest BCUT2D eigenvalue weighted by molar-refractivity contribution is 0.0975. The summed E-state index contributed by atoms with van der Waals surface area (Å²) in [6.07, 6.45) is 3.29. The first kappa shape index (κ1) is 13.2. The Morgan fingerprint density at radius 2 is 1.94 bits per heavy atom. The van der Waals surface area contributed by atoms with Crippen molar-refractivity contribution in [3.63, 3.8) is 0 Å². The predicted octanol–water partition coefficient (Wildman–Crippen LogP) is 2.13. The van der Waals surface area contributed by atoms with Crippen molar-refractivity contribution in [2.24, 2.45) is 0 Å². The van der Waals surface area contributed by atoms with Crippen LogP contribution in [0.3, 0.4) is 0 Å². The van der Waals surface area contributed by atoms with Gasteiger partial charge in [0.2, 0.25) is 0 Å². The molecule has 4 nitrogen and oxygen atoms in total. The van der Waals surface area contributed by atoms with Crippen LogP contribution in [0.5, 0.6) is 0 Å². The molecule has 0 saturated carbocycles. The highest BCUT2D eigenvalue weighted by molar-refractivity contribution is 6.04. The van der Waals surface area contributed by atoms with E-state index >= 15 is 0 Å². The van der Waals surface area contributed by atoms with Crippen molar-refractivity contribution in [3.8, 4) is 0 Å². The minimum absolute atomic E-state index is 0.0648. The van der Waals surface area contributed by atoms with Crippen LogP contribution in [0, 0.1) is 5.41 Å². The van der Waals surface area contributed by atoms with Gasteiger partial charge in [0.1, 0.15) is 0 Å². The summed E-state index contributed by atoms with van der Waals surface area (Å²) in [4.78, 5) is 11.7. The lowest BCUT2D eigenvalue weighted by Gasteiger charge is -2.08. The standard InChI is InChI=1S/C13H19N3O/c1-2-3-7-10-15-13(14)16-12(17)11-8-5-4-6-9-11/h4-6,8-9H,2-3,7,10H2,1H3,(H3,14,15,16,17). The fraction of sp³-hybridized carbons (Fsp3) is 0.385. The Morgan fingerprint density at radius 3 is 2.59 bits per heavy atom. The molecule has 0 aromatic heterocycles. The molecule has 4 heteroatoms. The summed E-state index contributed by atoms with van der Waals surface area (Å²) in [5.74, 6) is -0.187. The molecular weight excluding hydrogens is 214 g/mol. The number of carbonyl (C=O) groups excluding carboxylic acids is 1. The zero-order chi connectivity index (χ0) is 12.5. The van der Waals surface area contributed by atoms with Gasteiger partial charge in [-0.3, -0.25) is 15.5 Å². The van der Waals surface area contributed by atoms with E-state index in [1.54, 1.807) is 24.3 Å². The monoisotopic (exact) mass is 233 g/mol. The Kier molecular flexibility index (Phi) is 5.79. The highest BCUT2D eigenvalue weighted by Crippen LogP contribution is 1.97. The summed E-state index contributed by atoms with van der Waals surface area (Å²) < 4.78 is 0. The van der Waals surface area contributed by atoms with Gasteiger partial charge in [0.25, 0.3) is 5.91 Å². The molecule has 17 heavy (non-hydrogen) atoms. The first-order chi connectivity index (χ1) is 8.24. The van der Waals surface area contributed by atoms with Gasteiger partial charge < -0.3 is 5.32 Å². The summed E-state index contributed by atoms with van der Waals surface area (Å²) in [5.41, 5.74) is 0.563. The molecule has 0 spiro atoms. The third-order valence-corrected chi connectivity index (χ3v) is 2.36. The average molecular weight is 233 g/mol. The van der Waals surface area contributed by atoms with Gasteiger partial charge in [-0.05, 0) is 18.6 Å². The van der Waals surface area contributed by atoms with Crippen LogP contribution < -0.4 is 10.6 Å². The molecule has 0 atom stereocenters. The molecule has 1 aromatic carbocycles. The smallest absolute Gasteiger partial charge is 0.257 e. The van der Waals surface area contributed by atoms with Crippen LogP contribution in [0.2, 0.25) is 0 Å². The molecule has 0 aliphatic heterocycles. The predicted molar refractivity (Wildman–Crippen MR) is 69.2 cm³/mol. The third-order valence-electron chi connectivity index (χ3n) is 2.36. The number of benzene rings is 1. The molecule has 0 unspecified atom stereocenters. The summed E-state index contributed by atoms with van der Waals surface area (Å²) in [5, 5.41) is 12.9. The second-order valence-corrected chi connectivity index (χ2v) is 3.83. The number of unbranched alkanes of at least 4 members (excludes halogenated alkanes) is 2. The molecular formula is C13H19N3O. The fourth-order valence-corrected chi connectivity index (χ4v) is 1.41. The number of amides is 1. The van der Waals surface area contributed by atoms with Crippen molar-refractivity contribution in [1.82, 2.24) is 10.6 Å². The van der Waals surface area contributed by atoms with Crippen molar-refractivity contribution in [1.29, 1.82) is 5.41 Å². The Balaban J connectivity index is 2.29. The van der Waals surface area contributed by atoms with Gasteiger partial charge in [-0.25, -0.2) is 0 Å². The number of guanidine groups is 1. The molecule has 0 fully saturated rings. The van der Waals surface area contributed by atoms with Gasteiger partial charge in [0.15, 0.2) is 5.96 Å². The summed E-state index contributed by atoms with van der Waals surface area (Å²) in [7, 11) is 0. The highest BCUT2D eigenvalue weighted by Gasteiger charge is 2.05. The minimum Gasteiger partial charge on any atom is -0.356 e. The van der Waals surface area contributed by atoms with Gasteiger partial charge >= 0.3 is 0 Å². The number of rotatable bonds is 5. The average Bonchev–Trinajstić information content (AvgIpc) is 2.36. The van der Waals surface area contributed by atoms with Crippen LogP contribution in [0.25, 0.3) is 0 Å². The van der Waals surface area contributed by atoms with E-state index in [9.17, 15) is 4.79 Å². The normalized spacial score (nSPS) is 9.71. The van der Waals surface area contributed by atoms with Crippen molar-refractivity contribution >= 4 is 11.9 Å². The number of hydrogen-bond donors (Lipinski definition) is 3. The Bertz CT molecular complexity index is 362. The zero-order valence-corrected chi connectivity index (χ0v) is 10.1. The molecule has 0 bridgehead atoms. The molecule has 1 rings (SSSR count). The maximum Gasteiger partial charge on any atom is 0.257 e. The fourth-order valence-electron chi connectivity index (χ4n) is 1.41. The summed E-state index contributed by atoms with van der Waals surface area (Å²) >= 11 is 0. The zero-order valence-electron chi connectivity index (χ0n) is 10.1. The molecule has 92 valence electrons. The van der Waals surface area contributed by atoms with Crippen molar-refractivity contribution in [3.05, 3.63) is 35.9 Å². The van der Waals surface area contributed by atoms with Gasteiger partial charge in [-0.15, -0.1) is 0 Å². The van der Waals surface area contributed by atoms with E-state index in [2.05, 4.69) is 17.6 Å². The van der Waals surface area contributed by atoms with Crippen LogP contribution in [-0.4, -0.2) is 18.4 Å². The van der Waals surface area contributed by atoms with Crippen molar-refractivity contribution in [2.45, 2.75) is 26.2 Å². The highest BCUT2D eigenvalue weighted by atomic mass is 16.1. The summed E-state index contributed by atoms with van der Waals surface area (Å²) in [6, 6.07) is 8.89. The second-order valence-electron chi connectivity index (χ2n) is 3.83. The van der Waals surface area contributed by atoms with E-state index in [-0.39, 0.29) is 11.9 Å². The second kappa shape index (κ2) is 7.44. The lowest BCUT2D eigenvalue weighted by atomic mass is 10.2. The number of hydrogen-bond acceptors (Lipinski definition) is 2. The van der Waals surface area contributed by atoms with Gasteiger partial charge in [0.05, 0.1) is 0 Å². The molecule has 1 aromatic rings. The maximum absolute atomic E-state index is 11.7.